The molecule has 0 bridgehead atoms. The molecule has 6 nitrogen and oxygen atoms in total. The van der Waals surface area contributed by atoms with Crippen LogP contribution in [0.2, 0.25) is 0 Å². The molecular weight excluding hydrogens is 354 g/mol. The van der Waals surface area contributed by atoms with Gasteiger partial charge in [0.25, 0.3) is 0 Å². The zero-order valence-electron chi connectivity index (χ0n) is 15.6. The first-order chi connectivity index (χ1) is 12.0. The van der Waals surface area contributed by atoms with Crippen LogP contribution < -0.4 is 5.32 Å². The minimum Gasteiger partial charge on any atom is -0.480 e. The lowest BCUT2D eigenvalue weighted by Gasteiger charge is -2.37. The van der Waals surface area contributed by atoms with Crippen molar-refractivity contribution in [1.82, 2.24) is 9.80 Å². The molecule has 0 spiro atoms. The monoisotopic (exact) mass is 383 g/mol. The topological polar surface area (TPSA) is 72.9 Å². The third-order valence-corrected chi connectivity index (χ3v) is 4.86. The van der Waals surface area contributed by atoms with Crippen LogP contribution in [0.3, 0.4) is 0 Å². The number of hydrogen-bond donors (Lipinski definition) is 2. The maximum atomic E-state index is 12.3. The Labute approximate surface area is 162 Å². The number of likely N-dealkylation sites (tertiary alicyclic amines) is 1. The van der Waals surface area contributed by atoms with Crippen LogP contribution in [0, 0.1) is 0 Å². The smallest absolute Gasteiger partial charge is 0.317 e. The Hall–Kier alpha value is -1.63. The Bertz CT molecular complexity index is 589. The van der Waals surface area contributed by atoms with Crippen molar-refractivity contribution in [3.05, 3.63) is 29.8 Å². The second-order valence-corrected chi connectivity index (χ2v) is 6.52. The molecule has 0 unspecified atom stereocenters. The first-order valence-electron chi connectivity index (χ1n) is 9.09. The van der Waals surface area contributed by atoms with Crippen molar-refractivity contribution in [2.75, 3.05) is 38.0 Å². The fraction of sp³-hybridized carbons (Fsp3) is 0.579. The number of piperidine rings is 1. The largest absolute Gasteiger partial charge is 0.480 e. The lowest BCUT2D eigenvalue weighted by Crippen LogP contribution is -2.48. The minimum atomic E-state index is -0.779. The number of nitrogens with one attached hydrogen (secondary N) is 1. The van der Waals surface area contributed by atoms with Gasteiger partial charge >= 0.3 is 5.97 Å². The summed E-state index contributed by atoms with van der Waals surface area (Å²) in [5.41, 5.74) is 2.03. The van der Waals surface area contributed by atoms with Crippen LogP contribution in [0.15, 0.2) is 24.3 Å². The van der Waals surface area contributed by atoms with Gasteiger partial charge in [-0.15, -0.1) is 12.4 Å². The molecular formula is C19H30ClN3O3. The van der Waals surface area contributed by atoms with E-state index in [1.807, 2.05) is 36.1 Å². The molecule has 1 aromatic rings. The minimum absolute atomic E-state index is 0. The van der Waals surface area contributed by atoms with Gasteiger partial charge in [-0.1, -0.05) is 32.0 Å². The molecule has 1 fully saturated rings. The Morgan fingerprint density at radius 2 is 1.88 bits per heavy atom. The summed E-state index contributed by atoms with van der Waals surface area (Å²) in [4.78, 5) is 27.4. The number of nitrogens with zero attached hydrogens (tertiary/aromatic N) is 2. The molecule has 26 heavy (non-hydrogen) atoms. The molecule has 0 atom stereocenters. The molecule has 1 aromatic carbocycles. The van der Waals surface area contributed by atoms with Gasteiger partial charge in [-0.2, -0.15) is 0 Å². The standard InChI is InChI=1S/C19H29N3O3.ClH/c1-3-15-7-5-6-8-17(15)20-18(23)13-21-11-9-16(10-12-21)22(4-2)14-19(24)25;/h5-8,16H,3-4,9-14H2,1-2H3,(H,20,23)(H,24,25);1H. The van der Waals surface area contributed by atoms with Crippen LogP contribution in [0.4, 0.5) is 5.69 Å². The fourth-order valence-corrected chi connectivity index (χ4v) is 3.46. The van der Waals surface area contributed by atoms with Crippen LogP contribution in [-0.2, 0) is 16.0 Å². The van der Waals surface area contributed by atoms with Gasteiger partial charge in [0.15, 0.2) is 0 Å². The van der Waals surface area contributed by atoms with Crippen molar-refractivity contribution in [2.45, 2.75) is 39.2 Å². The Balaban J connectivity index is 0.00000338. The molecule has 0 aliphatic carbocycles. The molecule has 1 heterocycles. The van der Waals surface area contributed by atoms with Crippen molar-refractivity contribution in [2.24, 2.45) is 0 Å². The van der Waals surface area contributed by atoms with Gasteiger partial charge in [-0.3, -0.25) is 19.4 Å². The summed E-state index contributed by atoms with van der Waals surface area (Å²) in [5.74, 6) is -0.768. The van der Waals surface area contributed by atoms with Crippen molar-refractivity contribution < 1.29 is 14.7 Å². The summed E-state index contributed by atoms with van der Waals surface area (Å²) in [7, 11) is 0. The number of halogens is 1. The van der Waals surface area contributed by atoms with E-state index in [0.29, 0.717) is 12.6 Å². The summed E-state index contributed by atoms with van der Waals surface area (Å²) >= 11 is 0. The third kappa shape index (κ3) is 6.59. The number of para-hydroxylation sites is 1. The van der Waals surface area contributed by atoms with E-state index in [2.05, 4.69) is 17.1 Å². The Morgan fingerprint density at radius 3 is 2.46 bits per heavy atom. The number of carbonyl (C=O) groups excluding carboxylic acids is 1. The summed E-state index contributed by atoms with van der Waals surface area (Å²) in [6.45, 7) is 6.93. The molecule has 1 saturated heterocycles. The van der Waals surface area contributed by atoms with E-state index in [4.69, 9.17) is 5.11 Å². The SMILES string of the molecule is CCc1ccccc1NC(=O)CN1CCC(N(CC)CC(=O)O)CC1.Cl. The zero-order valence-corrected chi connectivity index (χ0v) is 16.4. The number of carbonyl (C=O) groups is 2. The predicted molar refractivity (Wildman–Crippen MR) is 106 cm³/mol. The lowest BCUT2D eigenvalue weighted by molar-refractivity contribution is -0.139. The number of carboxylic acids is 1. The number of carboxylic acid groups (broad SMARTS) is 1. The highest BCUT2D eigenvalue weighted by molar-refractivity contribution is 5.93. The molecule has 1 amide bonds. The van der Waals surface area contributed by atoms with E-state index in [9.17, 15) is 9.59 Å². The molecule has 7 heteroatoms. The number of rotatable bonds is 8. The first-order valence-corrected chi connectivity index (χ1v) is 9.09. The molecule has 146 valence electrons. The van der Waals surface area contributed by atoms with Crippen molar-refractivity contribution in [3.8, 4) is 0 Å². The van der Waals surface area contributed by atoms with Gasteiger partial charge in [0.1, 0.15) is 0 Å². The summed E-state index contributed by atoms with van der Waals surface area (Å²) < 4.78 is 0. The summed E-state index contributed by atoms with van der Waals surface area (Å²) in [6, 6.07) is 8.18. The third-order valence-electron chi connectivity index (χ3n) is 4.86. The zero-order chi connectivity index (χ0) is 18.2. The molecule has 0 radical (unpaired) electrons. The van der Waals surface area contributed by atoms with Crippen LogP contribution >= 0.6 is 12.4 Å². The van der Waals surface area contributed by atoms with Crippen LogP contribution in [0.1, 0.15) is 32.3 Å². The Kier molecular flexibility index (Phi) is 9.62. The van der Waals surface area contributed by atoms with Gasteiger partial charge in [-0.05, 0) is 37.4 Å². The number of anilines is 1. The highest BCUT2D eigenvalue weighted by Gasteiger charge is 2.25. The van der Waals surface area contributed by atoms with Crippen LogP contribution in [0.25, 0.3) is 0 Å². The number of aliphatic carboxylic acids is 1. The van der Waals surface area contributed by atoms with Gasteiger partial charge in [-0.25, -0.2) is 0 Å². The van der Waals surface area contributed by atoms with E-state index in [-0.39, 0.29) is 24.9 Å². The Morgan fingerprint density at radius 1 is 1.23 bits per heavy atom. The van der Waals surface area contributed by atoms with Gasteiger partial charge in [0.2, 0.25) is 5.91 Å². The number of benzene rings is 1. The molecule has 0 saturated carbocycles. The predicted octanol–water partition coefficient (Wildman–Crippen LogP) is 2.48. The highest BCUT2D eigenvalue weighted by Crippen LogP contribution is 2.18. The van der Waals surface area contributed by atoms with E-state index < -0.39 is 5.97 Å². The van der Waals surface area contributed by atoms with E-state index in [1.54, 1.807) is 0 Å². The van der Waals surface area contributed by atoms with E-state index in [0.717, 1.165) is 50.1 Å². The van der Waals surface area contributed by atoms with E-state index in [1.165, 1.54) is 0 Å². The highest BCUT2D eigenvalue weighted by atomic mass is 35.5. The van der Waals surface area contributed by atoms with Gasteiger partial charge in [0.05, 0.1) is 13.1 Å². The van der Waals surface area contributed by atoms with Gasteiger partial charge < -0.3 is 10.4 Å². The first kappa shape index (κ1) is 22.4. The van der Waals surface area contributed by atoms with Gasteiger partial charge in [0, 0.05) is 24.8 Å². The maximum absolute atomic E-state index is 12.3. The van der Waals surface area contributed by atoms with Crippen molar-refractivity contribution in [3.63, 3.8) is 0 Å². The lowest BCUT2D eigenvalue weighted by atomic mass is 10.0. The van der Waals surface area contributed by atoms with Crippen molar-refractivity contribution in [1.29, 1.82) is 0 Å². The average Bonchev–Trinajstić information content (AvgIpc) is 2.60. The second kappa shape index (κ2) is 11.2. The molecule has 0 aromatic heterocycles. The number of aryl methyl sites for hydroxylation is 1. The normalized spacial score (nSPS) is 15.5. The second-order valence-electron chi connectivity index (χ2n) is 6.52. The molecule has 1 aliphatic heterocycles. The number of hydrogen-bond acceptors (Lipinski definition) is 4. The fourth-order valence-electron chi connectivity index (χ4n) is 3.46. The van der Waals surface area contributed by atoms with Crippen molar-refractivity contribution >= 4 is 30.0 Å². The van der Waals surface area contributed by atoms with Crippen LogP contribution in [0.5, 0.6) is 0 Å². The van der Waals surface area contributed by atoms with E-state index >= 15 is 0 Å². The quantitative estimate of drug-likeness (QED) is 0.721. The maximum Gasteiger partial charge on any atom is 0.317 e. The summed E-state index contributed by atoms with van der Waals surface area (Å²) in [6.07, 6.45) is 2.69. The molecule has 2 N–H and O–H groups in total. The molecule has 2 rings (SSSR count). The van der Waals surface area contributed by atoms with Crippen LogP contribution in [-0.4, -0.2) is 65.5 Å². The average molecular weight is 384 g/mol. The summed E-state index contributed by atoms with van der Waals surface area (Å²) in [5, 5.41) is 12.0. The number of likely N-dealkylation sites (N-methyl/N-ethyl adjacent to an activating group) is 1. The molecule has 1 aliphatic rings. The number of amides is 1.